The maximum Gasteiger partial charge on any atom is 0.416 e. The van der Waals surface area contributed by atoms with Gasteiger partial charge in [-0.1, -0.05) is 36.4 Å². The van der Waals surface area contributed by atoms with Crippen LogP contribution in [-0.4, -0.2) is 4.92 Å². The van der Waals surface area contributed by atoms with Gasteiger partial charge >= 0.3 is 6.18 Å². The molecule has 108 valence electrons. The van der Waals surface area contributed by atoms with E-state index in [4.69, 9.17) is 0 Å². The number of alkyl halides is 3. The van der Waals surface area contributed by atoms with Crippen LogP contribution in [0.15, 0.2) is 48.5 Å². The summed E-state index contributed by atoms with van der Waals surface area (Å²) in [5, 5.41) is 10.9. The molecule has 2 rings (SSSR count). The Bertz CT molecular complexity index is 679. The van der Waals surface area contributed by atoms with Gasteiger partial charge in [0.25, 0.3) is 5.69 Å². The van der Waals surface area contributed by atoms with E-state index in [9.17, 15) is 23.3 Å². The molecule has 0 spiro atoms. The predicted molar refractivity (Wildman–Crippen MR) is 73.5 cm³/mol. The molecule has 0 unspecified atom stereocenters. The summed E-state index contributed by atoms with van der Waals surface area (Å²) in [6, 6.07) is 11.4. The van der Waals surface area contributed by atoms with E-state index in [2.05, 4.69) is 0 Å². The summed E-state index contributed by atoms with van der Waals surface area (Å²) in [7, 11) is 0. The summed E-state index contributed by atoms with van der Waals surface area (Å²) in [5.41, 5.74) is -0.688. The van der Waals surface area contributed by atoms with Crippen molar-refractivity contribution in [1.82, 2.24) is 0 Å². The first-order valence-corrected chi connectivity index (χ1v) is 5.97. The molecule has 0 heterocycles. The topological polar surface area (TPSA) is 43.1 Å². The number of hydrogen-bond donors (Lipinski definition) is 0. The minimum Gasteiger partial charge on any atom is -0.258 e. The number of nitro groups is 1. The fourth-order valence-electron chi connectivity index (χ4n) is 1.77. The first-order chi connectivity index (χ1) is 9.88. The normalized spacial score (nSPS) is 11.8. The third-order valence-electron chi connectivity index (χ3n) is 2.81. The number of rotatable bonds is 3. The highest BCUT2D eigenvalue weighted by Gasteiger charge is 2.32. The molecule has 0 aliphatic carbocycles. The summed E-state index contributed by atoms with van der Waals surface area (Å²) in [4.78, 5) is 10.1. The second-order valence-corrected chi connectivity index (χ2v) is 4.27. The monoisotopic (exact) mass is 293 g/mol. The molecule has 0 saturated heterocycles. The lowest BCUT2D eigenvalue weighted by molar-refractivity contribution is -0.385. The van der Waals surface area contributed by atoms with Gasteiger partial charge in [-0.25, -0.2) is 0 Å². The Morgan fingerprint density at radius 2 is 1.67 bits per heavy atom. The first kappa shape index (κ1) is 14.8. The van der Waals surface area contributed by atoms with Crippen LogP contribution in [0.1, 0.15) is 16.7 Å². The molecule has 0 fully saturated rings. The van der Waals surface area contributed by atoms with Crippen molar-refractivity contribution >= 4 is 17.8 Å². The maximum atomic E-state index is 12.6. The Morgan fingerprint density at radius 3 is 2.24 bits per heavy atom. The molecule has 0 aliphatic rings. The average Bonchev–Trinajstić information content (AvgIpc) is 2.45. The molecule has 0 bridgehead atoms. The van der Waals surface area contributed by atoms with Gasteiger partial charge < -0.3 is 0 Å². The standard InChI is InChI=1S/C15H10F3NO2/c16-15(17,18)13-9-8-12(14(10-13)19(20)21)7-6-11-4-2-1-3-5-11/h1-10H. The van der Waals surface area contributed by atoms with Gasteiger partial charge in [0, 0.05) is 6.07 Å². The summed E-state index contributed by atoms with van der Waals surface area (Å²) in [6.45, 7) is 0. The lowest BCUT2D eigenvalue weighted by Gasteiger charge is -2.07. The highest BCUT2D eigenvalue weighted by molar-refractivity contribution is 5.74. The van der Waals surface area contributed by atoms with Crippen LogP contribution in [0.5, 0.6) is 0 Å². The van der Waals surface area contributed by atoms with Crippen molar-refractivity contribution in [3.8, 4) is 0 Å². The highest BCUT2D eigenvalue weighted by Crippen LogP contribution is 2.33. The van der Waals surface area contributed by atoms with Crippen LogP contribution >= 0.6 is 0 Å². The minimum absolute atomic E-state index is 0.122. The van der Waals surface area contributed by atoms with Crippen LogP contribution in [-0.2, 0) is 6.18 Å². The van der Waals surface area contributed by atoms with Crippen LogP contribution in [0.25, 0.3) is 12.2 Å². The molecule has 0 aliphatic heterocycles. The Kier molecular flexibility index (Phi) is 4.07. The van der Waals surface area contributed by atoms with E-state index in [-0.39, 0.29) is 5.56 Å². The molecular weight excluding hydrogens is 283 g/mol. The second kappa shape index (κ2) is 5.78. The van der Waals surface area contributed by atoms with Gasteiger partial charge in [0.1, 0.15) is 0 Å². The van der Waals surface area contributed by atoms with Crippen LogP contribution < -0.4 is 0 Å². The fraction of sp³-hybridized carbons (Fsp3) is 0.0667. The number of hydrogen-bond acceptors (Lipinski definition) is 2. The van der Waals surface area contributed by atoms with Crippen LogP contribution in [0.2, 0.25) is 0 Å². The Hall–Kier alpha value is -2.63. The molecule has 2 aromatic rings. The zero-order valence-corrected chi connectivity index (χ0v) is 10.7. The maximum absolute atomic E-state index is 12.6. The zero-order chi connectivity index (χ0) is 15.5. The number of halogens is 3. The van der Waals surface area contributed by atoms with Crippen LogP contribution in [0.4, 0.5) is 18.9 Å². The third-order valence-corrected chi connectivity index (χ3v) is 2.81. The van der Waals surface area contributed by atoms with Gasteiger partial charge in [-0.3, -0.25) is 10.1 Å². The molecule has 21 heavy (non-hydrogen) atoms. The van der Waals surface area contributed by atoms with E-state index in [1.54, 1.807) is 30.3 Å². The lowest BCUT2D eigenvalue weighted by Crippen LogP contribution is -2.06. The molecule has 6 heteroatoms. The highest BCUT2D eigenvalue weighted by atomic mass is 19.4. The Balaban J connectivity index is 2.40. The molecule has 0 N–H and O–H groups in total. The van der Waals surface area contributed by atoms with Crippen molar-refractivity contribution in [3.05, 3.63) is 75.3 Å². The van der Waals surface area contributed by atoms with E-state index in [1.807, 2.05) is 6.07 Å². The molecule has 0 amide bonds. The number of nitro benzene ring substituents is 1. The Labute approximate surface area is 118 Å². The zero-order valence-electron chi connectivity index (χ0n) is 10.7. The predicted octanol–water partition coefficient (Wildman–Crippen LogP) is 4.78. The average molecular weight is 293 g/mol. The largest absolute Gasteiger partial charge is 0.416 e. The van der Waals surface area contributed by atoms with E-state index < -0.39 is 22.4 Å². The van der Waals surface area contributed by atoms with E-state index in [0.717, 1.165) is 17.7 Å². The quantitative estimate of drug-likeness (QED) is 0.464. The first-order valence-electron chi connectivity index (χ1n) is 5.97. The SMILES string of the molecule is O=[N+]([O-])c1cc(C(F)(F)F)ccc1C=Cc1ccccc1. The smallest absolute Gasteiger partial charge is 0.258 e. The van der Waals surface area contributed by atoms with Gasteiger partial charge in [-0.15, -0.1) is 0 Å². The molecule has 3 nitrogen and oxygen atoms in total. The molecule has 0 aromatic heterocycles. The van der Waals surface area contributed by atoms with Gasteiger partial charge in [0.2, 0.25) is 0 Å². The molecule has 0 atom stereocenters. The van der Waals surface area contributed by atoms with Crippen molar-refractivity contribution in [2.75, 3.05) is 0 Å². The number of nitrogens with zero attached hydrogens (tertiary/aromatic N) is 1. The number of benzene rings is 2. The molecule has 2 aromatic carbocycles. The summed E-state index contributed by atoms with van der Waals surface area (Å²) >= 11 is 0. The van der Waals surface area contributed by atoms with Crippen molar-refractivity contribution in [2.24, 2.45) is 0 Å². The molecule has 0 saturated carbocycles. The third kappa shape index (κ3) is 3.68. The van der Waals surface area contributed by atoms with Crippen molar-refractivity contribution in [3.63, 3.8) is 0 Å². The van der Waals surface area contributed by atoms with Gasteiger partial charge in [0.05, 0.1) is 16.1 Å². The van der Waals surface area contributed by atoms with Crippen LogP contribution in [0, 0.1) is 10.1 Å². The summed E-state index contributed by atoms with van der Waals surface area (Å²) < 4.78 is 37.7. The van der Waals surface area contributed by atoms with Gasteiger partial charge in [-0.2, -0.15) is 13.2 Å². The van der Waals surface area contributed by atoms with Gasteiger partial charge in [-0.05, 0) is 23.8 Å². The van der Waals surface area contributed by atoms with E-state index >= 15 is 0 Å². The molecular formula is C15H10F3NO2. The Morgan fingerprint density at radius 1 is 1.00 bits per heavy atom. The molecule has 0 radical (unpaired) electrons. The second-order valence-electron chi connectivity index (χ2n) is 4.27. The fourth-order valence-corrected chi connectivity index (χ4v) is 1.77. The van der Waals surface area contributed by atoms with Crippen LogP contribution in [0.3, 0.4) is 0 Å². The van der Waals surface area contributed by atoms with E-state index in [1.165, 1.54) is 6.08 Å². The van der Waals surface area contributed by atoms with Crippen molar-refractivity contribution in [2.45, 2.75) is 6.18 Å². The lowest BCUT2D eigenvalue weighted by atomic mass is 10.1. The summed E-state index contributed by atoms with van der Waals surface area (Å²) in [6.07, 6.45) is -1.57. The summed E-state index contributed by atoms with van der Waals surface area (Å²) in [5.74, 6) is 0. The minimum atomic E-state index is -4.60. The van der Waals surface area contributed by atoms with Crippen molar-refractivity contribution in [1.29, 1.82) is 0 Å². The van der Waals surface area contributed by atoms with Crippen molar-refractivity contribution < 1.29 is 18.1 Å². The van der Waals surface area contributed by atoms with E-state index in [0.29, 0.717) is 6.07 Å². The van der Waals surface area contributed by atoms with Gasteiger partial charge in [0.15, 0.2) is 0 Å².